The van der Waals surface area contributed by atoms with E-state index < -0.39 is 6.16 Å². The van der Waals surface area contributed by atoms with E-state index in [4.69, 9.17) is 24.2 Å². The molecule has 13 heteroatoms. The zero-order valence-corrected chi connectivity index (χ0v) is 24.0. The van der Waals surface area contributed by atoms with E-state index in [-0.39, 0.29) is 18.6 Å². The Balaban J connectivity index is 1.22. The van der Waals surface area contributed by atoms with E-state index in [1.54, 1.807) is 24.3 Å². The number of hydrogen-bond donors (Lipinski definition) is 1. The van der Waals surface area contributed by atoms with Crippen LogP contribution >= 0.6 is 11.3 Å². The van der Waals surface area contributed by atoms with Gasteiger partial charge in [-0.25, -0.2) is 14.8 Å². The first-order valence-electron chi connectivity index (χ1n) is 14.3. The summed E-state index contributed by atoms with van der Waals surface area (Å²) in [5.41, 5.74) is 1.67. The van der Waals surface area contributed by atoms with Crippen LogP contribution in [0.4, 0.5) is 27.2 Å². The molecule has 0 unspecified atom stereocenters. The Morgan fingerprint density at radius 3 is 2.66 bits per heavy atom. The van der Waals surface area contributed by atoms with Crippen molar-refractivity contribution in [3.05, 3.63) is 30.0 Å². The lowest BCUT2D eigenvalue weighted by Gasteiger charge is -2.29. The Labute approximate surface area is 242 Å². The molecular weight excluding hydrogens is 546 g/mol. The number of carbonyl (C=O) groups is 2. The summed E-state index contributed by atoms with van der Waals surface area (Å²) in [5.74, 6) is 1.11. The lowest BCUT2D eigenvalue weighted by Crippen LogP contribution is -2.36. The van der Waals surface area contributed by atoms with Gasteiger partial charge in [0.1, 0.15) is 17.6 Å². The summed E-state index contributed by atoms with van der Waals surface area (Å²) in [6.45, 7) is 7.93. The molecule has 6 rings (SSSR count). The van der Waals surface area contributed by atoms with Gasteiger partial charge in [-0.05, 0) is 44.4 Å². The van der Waals surface area contributed by atoms with E-state index in [1.165, 1.54) is 6.42 Å². The molecule has 3 fully saturated rings. The van der Waals surface area contributed by atoms with Gasteiger partial charge in [0.25, 0.3) is 5.91 Å². The Bertz CT molecular complexity index is 1390. The van der Waals surface area contributed by atoms with E-state index in [2.05, 4.69) is 20.1 Å². The zero-order valence-electron chi connectivity index (χ0n) is 23.2. The predicted octanol–water partition coefficient (Wildman–Crippen LogP) is 3.92. The third kappa shape index (κ3) is 6.30. The van der Waals surface area contributed by atoms with Crippen molar-refractivity contribution in [3.63, 3.8) is 0 Å². The van der Waals surface area contributed by atoms with Crippen molar-refractivity contribution in [2.24, 2.45) is 0 Å². The Morgan fingerprint density at radius 2 is 1.85 bits per heavy atom. The monoisotopic (exact) mass is 581 g/mol. The third-order valence-electron chi connectivity index (χ3n) is 7.50. The van der Waals surface area contributed by atoms with Crippen LogP contribution in [0, 0.1) is 0 Å². The second-order valence-electron chi connectivity index (χ2n) is 10.3. The lowest BCUT2D eigenvalue weighted by molar-refractivity contribution is 0.0332. The van der Waals surface area contributed by atoms with Gasteiger partial charge in [0.05, 0.1) is 36.8 Å². The van der Waals surface area contributed by atoms with Gasteiger partial charge in [0.2, 0.25) is 0 Å². The van der Waals surface area contributed by atoms with Crippen LogP contribution in [0.2, 0.25) is 0 Å². The number of ether oxygens (including phenoxy) is 3. The van der Waals surface area contributed by atoms with E-state index in [0.717, 1.165) is 54.7 Å². The van der Waals surface area contributed by atoms with Crippen LogP contribution in [-0.2, 0) is 14.2 Å². The van der Waals surface area contributed by atoms with Crippen molar-refractivity contribution in [2.45, 2.75) is 38.7 Å². The highest BCUT2D eigenvalue weighted by Crippen LogP contribution is 2.35. The van der Waals surface area contributed by atoms with Gasteiger partial charge in [-0.1, -0.05) is 17.4 Å². The number of thiazole rings is 1. The number of morpholine rings is 1. The summed E-state index contributed by atoms with van der Waals surface area (Å²) in [4.78, 5) is 46.2. The molecule has 0 aromatic carbocycles. The van der Waals surface area contributed by atoms with Crippen LogP contribution in [0.3, 0.4) is 0 Å². The van der Waals surface area contributed by atoms with Gasteiger partial charge >= 0.3 is 6.16 Å². The molecule has 218 valence electrons. The molecule has 1 amide bonds. The molecule has 1 atom stereocenters. The molecule has 12 nitrogen and oxygen atoms in total. The molecule has 3 aliphatic heterocycles. The minimum atomic E-state index is -0.659. The standard InChI is InChI=1S/C28H35N7O5S/c1-2-39-28(37)40-19-9-12-35(18-19)23-8-6-7-20(29-23)26(36)30-21-17-22-24(31-25(21)33-10-4-3-5-11-33)32-27(41-22)34-13-15-38-16-14-34/h6-8,17,19H,2-5,9-16,18H2,1H3,(H,30,36)/t19-/m0/s1. The number of hydrogen-bond acceptors (Lipinski definition) is 12. The van der Waals surface area contributed by atoms with Crippen LogP contribution in [-0.4, -0.2) is 92.2 Å². The number of amides is 1. The molecule has 6 heterocycles. The number of piperidine rings is 1. The summed E-state index contributed by atoms with van der Waals surface area (Å²) < 4.78 is 16.7. The largest absolute Gasteiger partial charge is 0.508 e. The first-order valence-corrected chi connectivity index (χ1v) is 15.1. The maximum absolute atomic E-state index is 13.5. The average molecular weight is 582 g/mol. The summed E-state index contributed by atoms with van der Waals surface area (Å²) in [6.07, 6.45) is 3.10. The summed E-state index contributed by atoms with van der Waals surface area (Å²) >= 11 is 1.58. The Hall–Kier alpha value is -3.71. The molecule has 41 heavy (non-hydrogen) atoms. The van der Waals surface area contributed by atoms with Crippen molar-refractivity contribution in [2.75, 3.05) is 79.1 Å². The smallest absolute Gasteiger partial charge is 0.435 e. The number of nitrogens with zero attached hydrogens (tertiary/aromatic N) is 6. The minimum absolute atomic E-state index is 0.272. The van der Waals surface area contributed by atoms with Crippen molar-refractivity contribution in [3.8, 4) is 0 Å². The van der Waals surface area contributed by atoms with Gasteiger partial charge in [0, 0.05) is 39.1 Å². The number of carbonyl (C=O) groups excluding carboxylic acids is 2. The fourth-order valence-electron chi connectivity index (χ4n) is 5.40. The summed E-state index contributed by atoms with van der Waals surface area (Å²) in [6, 6.07) is 7.38. The van der Waals surface area contributed by atoms with Crippen molar-refractivity contribution in [1.82, 2.24) is 15.0 Å². The molecule has 0 spiro atoms. The predicted molar refractivity (Wildman–Crippen MR) is 157 cm³/mol. The molecule has 0 saturated carbocycles. The lowest BCUT2D eigenvalue weighted by atomic mass is 10.1. The van der Waals surface area contributed by atoms with E-state index in [1.807, 2.05) is 23.1 Å². The molecular formula is C28H35N7O5S. The van der Waals surface area contributed by atoms with Crippen LogP contribution in [0.5, 0.6) is 0 Å². The molecule has 1 N–H and O–H groups in total. The summed E-state index contributed by atoms with van der Waals surface area (Å²) in [5, 5.41) is 4.03. The number of aromatic nitrogens is 3. The number of nitrogens with one attached hydrogen (secondary N) is 1. The highest BCUT2D eigenvalue weighted by molar-refractivity contribution is 7.22. The molecule has 3 aromatic heterocycles. The maximum atomic E-state index is 13.5. The molecule has 3 aliphatic rings. The van der Waals surface area contributed by atoms with Crippen LogP contribution in [0.1, 0.15) is 43.1 Å². The van der Waals surface area contributed by atoms with Crippen molar-refractivity contribution in [1.29, 1.82) is 0 Å². The van der Waals surface area contributed by atoms with Gasteiger partial charge in [-0.15, -0.1) is 0 Å². The van der Waals surface area contributed by atoms with E-state index in [9.17, 15) is 9.59 Å². The fraction of sp³-hybridized carbons (Fsp3) is 0.536. The van der Waals surface area contributed by atoms with Crippen molar-refractivity contribution >= 4 is 56.2 Å². The Kier molecular flexibility index (Phi) is 8.33. The molecule has 0 bridgehead atoms. The molecule has 0 radical (unpaired) electrons. The SMILES string of the molecule is CCOC(=O)O[C@H]1CCN(c2cccc(C(=O)Nc3cc4sc(N5CCOCC5)nc4nc3N3CCCCC3)n2)C1. The highest BCUT2D eigenvalue weighted by atomic mass is 32.1. The first-order chi connectivity index (χ1) is 20.1. The summed E-state index contributed by atoms with van der Waals surface area (Å²) in [7, 11) is 0. The molecule has 0 aliphatic carbocycles. The maximum Gasteiger partial charge on any atom is 0.508 e. The molecule has 3 aromatic rings. The number of pyridine rings is 2. The number of anilines is 4. The highest BCUT2D eigenvalue weighted by Gasteiger charge is 2.28. The van der Waals surface area contributed by atoms with E-state index >= 15 is 0 Å². The minimum Gasteiger partial charge on any atom is -0.435 e. The van der Waals surface area contributed by atoms with E-state index in [0.29, 0.717) is 55.6 Å². The second-order valence-corrected chi connectivity index (χ2v) is 11.3. The van der Waals surface area contributed by atoms with Crippen LogP contribution < -0.4 is 20.0 Å². The van der Waals surface area contributed by atoms with Gasteiger partial charge in [0.15, 0.2) is 16.6 Å². The van der Waals surface area contributed by atoms with Gasteiger partial charge in [-0.2, -0.15) is 4.98 Å². The van der Waals surface area contributed by atoms with Crippen LogP contribution in [0.25, 0.3) is 10.3 Å². The van der Waals surface area contributed by atoms with Crippen LogP contribution in [0.15, 0.2) is 24.3 Å². The molecule has 3 saturated heterocycles. The van der Waals surface area contributed by atoms with Crippen molar-refractivity contribution < 1.29 is 23.8 Å². The van der Waals surface area contributed by atoms with Gasteiger partial charge in [-0.3, -0.25) is 4.79 Å². The zero-order chi connectivity index (χ0) is 28.2. The van der Waals surface area contributed by atoms with Gasteiger partial charge < -0.3 is 34.2 Å². The second kappa shape index (κ2) is 12.4. The number of rotatable bonds is 7. The first kappa shape index (κ1) is 27.5. The number of fused-ring (bicyclic) bond motifs is 1. The topological polar surface area (TPSA) is 122 Å². The normalized spacial score (nSPS) is 19.4. The fourth-order valence-corrected chi connectivity index (χ4v) is 6.40. The quantitative estimate of drug-likeness (QED) is 0.409. The third-order valence-corrected chi connectivity index (χ3v) is 8.55. The average Bonchev–Trinajstić information content (AvgIpc) is 3.65. The Morgan fingerprint density at radius 1 is 1.02 bits per heavy atom.